The van der Waals surface area contributed by atoms with Crippen molar-refractivity contribution in [1.29, 1.82) is 5.26 Å². The third kappa shape index (κ3) is 1.84. The summed E-state index contributed by atoms with van der Waals surface area (Å²) in [5, 5.41) is 21.1. The number of aliphatic hydroxyl groups is 1. The average molecular weight is 263 g/mol. The molecule has 1 saturated carbocycles. The zero-order chi connectivity index (χ0) is 13.7. The third-order valence-electron chi connectivity index (χ3n) is 5.94. The molecule has 0 radical (unpaired) electrons. The van der Waals surface area contributed by atoms with E-state index in [4.69, 9.17) is 4.74 Å². The first-order chi connectivity index (χ1) is 9.01. The van der Waals surface area contributed by atoms with E-state index in [0.29, 0.717) is 11.8 Å². The largest absolute Gasteiger partial charge is 0.388 e. The van der Waals surface area contributed by atoms with Gasteiger partial charge in [0.25, 0.3) is 0 Å². The van der Waals surface area contributed by atoms with Crippen molar-refractivity contribution in [3.8, 4) is 6.07 Å². The molecule has 1 aliphatic carbocycles. The van der Waals surface area contributed by atoms with Crippen molar-refractivity contribution in [2.24, 2.45) is 17.3 Å². The van der Waals surface area contributed by atoms with Crippen LogP contribution in [0.2, 0.25) is 0 Å². The zero-order valence-corrected chi connectivity index (χ0v) is 12.1. The Morgan fingerprint density at radius 2 is 2.05 bits per heavy atom. The fourth-order valence-corrected chi connectivity index (χ4v) is 4.69. The van der Waals surface area contributed by atoms with Crippen LogP contribution < -0.4 is 0 Å². The first-order valence-electron chi connectivity index (χ1n) is 7.80. The number of hydrogen-bond donors (Lipinski definition) is 1. The van der Waals surface area contributed by atoms with Gasteiger partial charge in [0.2, 0.25) is 0 Å². The fourth-order valence-electron chi connectivity index (χ4n) is 4.69. The smallest absolute Gasteiger partial charge is 0.114 e. The highest BCUT2D eigenvalue weighted by Gasteiger charge is 2.64. The van der Waals surface area contributed by atoms with E-state index in [-0.39, 0.29) is 12.2 Å². The van der Waals surface area contributed by atoms with Gasteiger partial charge in [-0.2, -0.15) is 5.26 Å². The van der Waals surface area contributed by atoms with Gasteiger partial charge in [-0.25, -0.2) is 0 Å². The molecule has 3 fully saturated rings. The standard InChI is InChI=1S/C16H25NO2/c1-11(2)12-4-3-7-16(18,8-12)15(10-17)9-13-5-6-14(15)19-13/h11-14,18H,3-9H2,1-2H3. The quantitative estimate of drug-likeness (QED) is 0.833. The summed E-state index contributed by atoms with van der Waals surface area (Å²) in [5.74, 6) is 1.13. The molecule has 3 heteroatoms. The van der Waals surface area contributed by atoms with Crippen molar-refractivity contribution >= 4 is 0 Å². The van der Waals surface area contributed by atoms with E-state index >= 15 is 0 Å². The zero-order valence-electron chi connectivity index (χ0n) is 12.1. The van der Waals surface area contributed by atoms with Gasteiger partial charge in [0.05, 0.1) is 23.9 Å². The molecule has 2 heterocycles. The number of nitriles is 1. The number of ether oxygens (including phenoxy) is 1. The maximum absolute atomic E-state index is 11.3. The normalized spacial score (nSPS) is 49.5. The highest BCUT2D eigenvalue weighted by atomic mass is 16.5. The predicted molar refractivity (Wildman–Crippen MR) is 72.3 cm³/mol. The molecule has 3 nitrogen and oxygen atoms in total. The molecule has 0 aromatic carbocycles. The topological polar surface area (TPSA) is 53.2 Å². The summed E-state index contributed by atoms with van der Waals surface area (Å²) >= 11 is 0. The Morgan fingerprint density at radius 3 is 2.58 bits per heavy atom. The van der Waals surface area contributed by atoms with E-state index in [0.717, 1.165) is 38.5 Å². The molecular weight excluding hydrogens is 238 g/mol. The Bertz CT molecular complexity index is 402. The van der Waals surface area contributed by atoms with Crippen LogP contribution in [0.25, 0.3) is 0 Å². The molecule has 0 amide bonds. The summed E-state index contributed by atoms with van der Waals surface area (Å²) in [5.41, 5.74) is -1.46. The van der Waals surface area contributed by atoms with Gasteiger partial charge >= 0.3 is 0 Å². The molecule has 19 heavy (non-hydrogen) atoms. The molecule has 0 spiro atoms. The first-order valence-corrected chi connectivity index (χ1v) is 7.80. The van der Waals surface area contributed by atoms with Crippen LogP contribution in [0.1, 0.15) is 58.8 Å². The summed E-state index contributed by atoms with van der Waals surface area (Å²) in [6.45, 7) is 4.46. The molecule has 3 aliphatic rings. The molecule has 106 valence electrons. The lowest BCUT2D eigenvalue weighted by atomic mass is 9.57. The van der Waals surface area contributed by atoms with Crippen LogP contribution in [0, 0.1) is 28.6 Å². The summed E-state index contributed by atoms with van der Waals surface area (Å²) in [7, 11) is 0. The average Bonchev–Trinajstić information content (AvgIpc) is 2.99. The second-order valence-electron chi connectivity index (χ2n) is 7.24. The molecule has 2 aliphatic heterocycles. The molecule has 2 bridgehead atoms. The molecular formula is C16H25NO2. The minimum Gasteiger partial charge on any atom is -0.388 e. The van der Waals surface area contributed by atoms with Crippen molar-refractivity contribution in [2.45, 2.75) is 76.6 Å². The van der Waals surface area contributed by atoms with Gasteiger partial charge in [-0.3, -0.25) is 0 Å². The lowest BCUT2D eigenvalue weighted by molar-refractivity contribution is -0.122. The summed E-state index contributed by atoms with van der Waals surface area (Å²) < 4.78 is 5.91. The Balaban J connectivity index is 1.88. The second-order valence-corrected chi connectivity index (χ2v) is 7.24. The predicted octanol–water partition coefficient (Wildman–Crippen LogP) is 3.02. The van der Waals surface area contributed by atoms with Crippen molar-refractivity contribution in [2.75, 3.05) is 0 Å². The van der Waals surface area contributed by atoms with E-state index in [1.807, 2.05) is 0 Å². The summed E-state index contributed by atoms with van der Waals surface area (Å²) in [6, 6.07) is 2.50. The van der Waals surface area contributed by atoms with Gasteiger partial charge in [0.1, 0.15) is 5.41 Å². The fraction of sp³-hybridized carbons (Fsp3) is 0.938. The Hall–Kier alpha value is -0.590. The number of fused-ring (bicyclic) bond motifs is 2. The third-order valence-corrected chi connectivity index (χ3v) is 5.94. The van der Waals surface area contributed by atoms with Crippen LogP contribution in [0.4, 0.5) is 0 Å². The van der Waals surface area contributed by atoms with Gasteiger partial charge in [-0.1, -0.05) is 20.3 Å². The maximum atomic E-state index is 11.3. The molecule has 2 saturated heterocycles. The van der Waals surface area contributed by atoms with Gasteiger partial charge < -0.3 is 9.84 Å². The van der Waals surface area contributed by atoms with E-state index in [1.54, 1.807) is 0 Å². The van der Waals surface area contributed by atoms with Gasteiger partial charge in [-0.05, 0) is 50.4 Å². The number of nitrogens with zero attached hydrogens (tertiary/aromatic N) is 1. The van der Waals surface area contributed by atoms with E-state index in [9.17, 15) is 10.4 Å². The highest BCUT2D eigenvalue weighted by molar-refractivity contribution is 5.21. The SMILES string of the molecule is CC(C)C1CCCC(O)(C2(C#N)CC3CCC2O3)C1. The summed E-state index contributed by atoms with van der Waals surface area (Å²) in [4.78, 5) is 0. The van der Waals surface area contributed by atoms with Crippen LogP contribution in [-0.2, 0) is 4.74 Å². The Kier molecular flexibility index (Phi) is 3.15. The Labute approximate surface area is 115 Å². The van der Waals surface area contributed by atoms with Crippen LogP contribution in [-0.4, -0.2) is 22.9 Å². The molecule has 3 rings (SSSR count). The minimum absolute atomic E-state index is 0.0292. The first kappa shape index (κ1) is 13.4. The minimum atomic E-state index is -0.825. The van der Waals surface area contributed by atoms with Gasteiger partial charge in [0, 0.05) is 0 Å². The van der Waals surface area contributed by atoms with Crippen LogP contribution in [0.5, 0.6) is 0 Å². The maximum Gasteiger partial charge on any atom is 0.114 e. The molecule has 5 atom stereocenters. The molecule has 0 aromatic heterocycles. The second kappa shape index (κ2) is 4.46. The van der Waals surface area contributed by atoms with Crippen molar-refractivity contribution in [3.63, 3.8) is 0 Å². The lowest BCUT2D eigenvalue weighted by Gasteiger charge is -2.48. The van der Waals surface area contributed by atoms with Crippen molar-refractivity contribution in [3.05, 3.63) is 0 Å². The van der Waals surface area contributed by atoms with Crippen molar-refractivity contribution in [1.82, 2.24) is 0 Å². The molecule has 1 N–H and O–H groups in total. The Morgan fingerprint density at radius 1 is 1.26 bits per heavy atom. The van der Waals surface area contributed by atoms with Gasteiger partial charge in [-0.15, -0.1) is 0 Å². The van der Waals surface area contributed by atoms with E-state index < -0.39 is 11.0 Å². The van der Waals surface area contributed by atoms with Crippen LogP contribution in [0.3, 0.4) is 0 Å². The van der Waals surface area contributed by atoms with Crippen LogP contribution >= 0.6 is 0 Å². The number of hydrogen-bond acceptors (Lipinski definition) is 3. The van der Waals surface area contributed by atoms with E-state index in [2.05, 4.69) is 19.9 Å². The van der Waals surface area contributed by atoms with Crippen LogP contribution in [0.15, 0.2) is 0 Å². The lowest BCUT2D eigenvalue weighted by Crippen LogP contribution is -2.55. The number of rotatable bonds is 2. The summed E-state index contributed by atoms with van der Waals surface area (Å²) in [6.07, 6.45) is 6.74. The van der Waals surface area contributed by atoms with Gasteiger partial charge in [0.15, 0.2) is 0 Å². The van der Waals surface area contributed by atoms with Crippen molar-refractivity contribution < 1.29 is 9.84 Å². The molecule has 5 unspecified atom stereocenters. The van der Waals surface area contributed by atoms with E-state index in [1.165, 1.54) is 6.42 Å². The highest BCUT2D eigenvalue weighted by Crippen LogP contribution is 2.58. The monoisotopic (exact) mass is 263 g/mol. The molecule has 0 aromatic rings.